The number of carbonyl (C=O) groups excluding carboxylic acids is 1. The molecule has 0 spiro atoms. The van der Waals surface area contributed by atoms with Gasteiger partial charge in [-0.2, -0.15) is 5.10 Å². The van der Waals surface area contributed by atoms with E-state index in [2.05, 4.69) is 10.1 Å². The molecule has 3 aromatic rings. The molecule has 164 valence electrons. The summed E-state index contributed by atoms with van der Waals surface area (Å²) in [5.74, 6) is 0.838. The first-order valence-electron chi connectivity index (χ1n) is 10.2. The number of hydrogen-bond donors (Lipinski definition) is 0. The van der Waals surface area contributed by atoms with Crippen LogP contribution in [-0.4, -0.2) is 32.1 Å². The maximum atomic E-state index is 13.3. The number of carbonyl (C=O) groups is 1. The molecule has 1 saturated heterocycles. The van der Waals surface area contributed by atoms with Crippen molar-refractivity contribution in [3.05, 3.63) is 70.2 Å². The van der Waals surface area contributed by atoms with Crippen molar-refractivity contribution in [2.75, 3.05) is 6.54 Å². The number of benzene rings is 1. The van der Waals surface area contributed by atoms with E-state index in [0.717, 1.165) is 23.1 Å². The van der Waals surface area contributed by atoms with Gasteiger partial charge in [0.05, 0.1) is 11.9 Å². The fraction of sp³-hybridized carbons (Fsp3) is 0.409. The Morgan fingerprint density at radius 3 is 2.90 bits per heavy atom. The first-order chi connectivity index (χ1) is 14.9. The number of halogens is 3. The smallest absolute Gasteiger partial charge is 0.280 e. The van der Waals surface area contributed by atoms with Gasteiger partial charge in [0.25, 0.3) is 6.43 Å². The molecule has 4 rings (SSSR count). The minimum atomic E-state index is -2.69. The summed E-state index contributed by atoms with van der Waals surface area (Å²) in [5, 5.41) is 4.71. The van der Waals surface area contributed by atoms with Gasteiger partial charge in [0.15, 0.2) is 0 Å². The van der Waals surface area contributed by atoms with Crippen molar-refractivity contribution in [3.63, 3.8) is 0 Å². The fourth-order valence-electron chi connectivity index (χ4n) is 3.96. The Kier molecular flexibility index (Phi) is 6.36. The highest BCUT2D eigenvalue weighted by molar-refractivity contribution is 6.31. The van der Waals surface area contributed by atoms with Crippen LogP contribution in [0.4, 0.5) is 8.78 Å². The molecular weight excluding hydrogens is 426 g/mol. The molecule has 0 N–H and O–H groups in total. The van der Waals surface area contributed by atoms with E-state index in [1.807, 2.05) is 24.3 Å². The number of aromatic nitrogens is 3. The van der Waals surface area contributed by atoms with Crippen molar-refractivity contribution in [3.8, 4) is 0 Å². The van der Waals surface area contributed by atoms with Crippen molar-refractivity contribution >= 4 is 17.5 Å². The number of amides is 1. The van der Waals surface area contributed by atoms with Crippen molar-refractivity contribution in [2.45, 2.75) is 51.6 Å². The highest BCUT2D eigenvalue weighted by Crippen LogP contribution is 2.32. The second-order valence-corrected chi connectivity index (χ2v) is 8.11. The molecule has 2 aromatic heterocycles. The van der Waals surface area contributed by atoms with Gasteiger partial charge in [0.1, 0.15) is 24.0 Å². The monoisotopic (exact) mass is 448 g/mol. The standard InChI is InChI=1S/C22H23ClF2N4O2/c1-14-10-19(21(24)25)29(27-14)13-20(30)28-9-5-4-8-18(28)22-26-12-16(31-22)11-15-6-2-3-7-17(15)23/h2-3,6-7,10,12,18,21H,4-5,8-9,11,13H2,1H3. The van der Waals surface area contributed by atoms with Crippen LogP contribution in [0.15, 0.2) is 40.9 Å². The number of nitrogens with zero attached hydrogens (tertiary/aromatic N) is 4. The van der Waals surface area contributed by atoms with Crippen LogP contribution >= 0.6 is 11.6 Å². The largest absolute Gasteiger partial charge is 0.443 e. The van der Waals surface area contributed by atoms with Crippen LogP contribution in [0.5, 0.6) is 0 Å². The molecule has 1 aromatic carbocycles. The minimum Gasteiger partial charge on any atom is -0.443 e. The Hall–Kier alpha value is -2.74. The summed E-state index contributed by atoms with van der Waals surface area (Å²) < 4.78 is 33.6. The number of alkyl halides is 2. The third-order valence-corrected chi connectivity index (χ3v) is 5.81. The van der Waals surface area contributed by atoms with Gasteiger partial charge >= 0.3 is 0 Å². The van der Waals surface area contributed by atoms with E-state index in [0.29, 0.717) is 41.8 Å². The molecule has 1 fully saturated rings. The predicted molar refractivity (Wildman–Crippen MR) is 111 cm³/mol. The highest BCUT2D eigenvalue weighted by atomic mass is 35.5. The molecule has 6 nitrogen and oxygen atoms in total. The Bertz CT molecular complexity index is 1070. The topological polar surface area (TPSA) is 64.2 Å². The Morgan fingerprint density at radius 1 is 1.32 bits per heavy atom. The summed E-state index contributed by atoms with van der Waals surface area (Å²) in [6.07, 6.45) is 1.94. The van der Waals surface area contributed by atoms with Crippen LogP contribution in [0.25, 0.3) is 0 Å². The lowest BCUT2D eigenvalue weighted by molar-refractivity contribution is -0.136. The molecule has 1 unspecified atom stereocenters. The summed E-state index contributed by atoms with van der Waals surface area (Å²) in [7, 11) is 0. The zero-order valence-corrected chi connectivity index (χ0v) is 17.9. The second-order valence-electron chi connectivity index (χ2n) is 7.70. The van der Waals surface area contributed by atoms with Gasteiger partial charge in [0.2, 0.25) is 11.8 Å². The number of piperidine rings is 1. The summed E-state index contributed by atoms with van der Waals surface area (Å²) in [6, 6.07) is 8.50. The normalized spacial score (nSPS) is 16.8. The first kappa shape index (κ1) is 21.5. The van der Waals surface area contributed by atoms with E-state index in [-0.39, 0.29) is 24.2 Å². The zero-order valence-electron chi connectivity index (χ0n) is 17.1. The summed E-state index contributed by atoms with van der Waals surface area (Å²) >= 11 is 6.23. The van der Waals surface area contributed by atoms with Crippen LogP contribution in [0, 0.1) is 6.92 Å². The van der Waals surface area contributed by atoms with Crippen molar-refractivity contribution < 1.29 is 18.0 Å². The molecule has 0 bridgehead atoms. The highest BCUT2D eigenvalue weighted by Gasteiger charge is 2.32. The van der Waals surface area contributed by atoms with Crippen LogP contribution < -0.4 is 0 Å². The van der Waals surface area contributed by atoms with Crippen LogP contribution in [0.1, 0.15) is 60.3 Å². The third-order valence-electron chi connectivity index (χ3n) is 5.44. The van der Waals surface area contributed by atoms with Gasteiger partial charge in [-0.15, -0.1) is 0 Å². The van der Waals surface area contributed by atoms with Crippen molar-refractivity contribution in [1.29, 1.82) is 0 Å². The molecule has 9 heteroatoms. The summed E-state index contributed by atoms with van der Waals surface area (Å²) in [6.45, 7) is 1.91. The second kappa shape index (κ2) is 9.18. The number of aryl methyl sites for hydroxylation is 1. The first-order valence-corrected chi connectivity index (χ1v) is 10.6. The Labute approximate surface area is 183 Å². The van der Waals surface area contributed by atoms with Gasteiger partial charge in [-0.3, -0.25) is 9.48 Å². The summed E-state index contributed by atoms with van der Waals surface area (Å²) in [5.41, 5.74) is 1.13. The van der Waals surface area contributed by atoms with E-state index in [4.69, 9.17) is 16.0 Å². The van der Waals surface area contributed by atoms with Gasteiger partial charge in [-0.05, 0) is 43.9 Å². The van der Waals surface area contributed by atoms with E-state index in [9.17, 15) is 13.6 Å². The van der Waals surface area contributed by atoms with Crippen molar-refractivity contribution in [1.82, 2.24) is 19.7 Å². The Balaban J connectivity index is 1.51. The lowest BCUT2D eigenvalue weighted by Gasteiger charge is -2.34. The molecule has 1 aliphatic heterocycles. The van der Waals surface area contributed by atoms with E-state index in [1.165, 1.54) is 6.07 Å². The fourth-order valence-corrected chi connectivity index (χ4v) is 4.16. The lowest BCUT2D eigenvalue weighted by atomic mass is 10.0. The minimum absolute atomic E-state index is 0.239. The zero-order chi connectivity index (χ0) is 22.0. The Morgan fingerprint density at radius 2 is 2.13 bits per heavy atom. The van der Waals surface area contributed by atoms with Gasteiger partial charge in [-0.25, -0.2) is 13.8 Å². The van der Waals surface area contributed by atoms with E-state index < -0.39 is 6.43 Å². The number of oxazole rings is 1. The molecule has 1 amide bonds. The molecule has 1 atom stereocenters. The average Bonchev–Trinajstić information content (AvgIpc) is 3.36. The molecule has 31 heavy (non-hydrogen) atoms. The van der Waals surface area contributed by atoms with Gasteiger partial charge in [-0.1, -0.05) is 29.8 Å². The molecule has 0 radical (unpaired) electrons. The van der Waals surface area contributed by atoms with Crippen LogP contribution in [0.2, 0.25) is 5.02 Å². The number of hydrogen-bond acceptors (Lipinski definition) is 4. The summed E-state index contributed by atoms with van der Waals surface area (Å²) in [4.78, 5) is 19.1. The van der Waals surface area contributed by atoms with Crippen LogP contribution in [0.3, 0.4) is 0 Å². The van der Waals surface area contributed by atoms with Crippen LogP contribution in [-0.2, 0) is 17.8 Å². The SMILES string of the molecule is Cc1cc(C(F)F)n(CC(=O)N2CCCCC2c2ncc(Cc3ccccc3Cl)o2)n1. The van der Waals surface area contributed by atoms with E-state index in [1.54, 1.807) is 18.0 Å². The molecule has 3 heterocycles. The lowest BCUT2D eigenvalue weighted by Crippen LogP contribution is -2.40. The molecular formula is C22H23ClF2N4O2. The maximum absolute atomic E-state index is 13.3. The molecule has 0 aliphatic carbocycles. The maximum Gasteiger partial charge on any atom is 0.280 e. The molecule has 0 saturated carbocycles. The number of likely N-dealkylation sites (tertiary alicyclic amines) is 1. The number of rotatable bonds is 6. The van der Waals surface area contributed by atoms with Gasteiger partial charge in [0, 0.05) is 18.0 Å². The molecule has 1 aliphatic rings. The predicted octanol–water partition coefficient (Wildman–Crippen LogP) is 5.12. The van der Waals surface area contributed by atoms with Crippen molar-refractivity contribution in [2.24, 2.45) is 0 Å². The average molecular weight is 449 g/mol. The third kappa shape index (κ3) is 4.79. The quantitative estimate of drug-likeness (QED) is 0.525. The van der Waals surface area contributed by atoms with E-state index >= 15 is 0 Å². The van der Waals surface area contributed by atoms with Gasteiger partial charge < -0.3 is 9.32 Å².